The number of aryl methyl sites for hydroxylation is 1. The van der Waals surface area contributed by atoms with Gasteiger partial charge in [0.25, 0.3) is 5.91 Å². The molecule has 154 valence electrons. The Bertz CT molecular complexity index is 1070. The number of fused-ring (bicyclic) bond motifs is 1. The standard InChI is InChI=1S/C24H26N4O2/c1-3-22-21(15-25-28(22)16-18-8-5-4-6-9-18)24(30)26-20-11-12-23-19(14-20)10-7-13-27(23)17(2)29/h4-6,8-9,11-12,14-15H,3,7,10,13,16H2,1-2H3,(H,26,30). The normalized spacial score (nSPS) is 13.1. The number of anilines is 2. The Morgan fingerprint density at radius 2 is 1.93 bits per heavy atom. The molecule has 0 unspecified atom stereocenters. The van der Waals surface area contributed by atoms with Gasteiger partial charge in [-0.2, -0.15) is 5.10 Å². The van der Waals surface area contributed by atoms with E-state index in [1.54, 1.807) is 18.0 Å². The van der Waals surface area contributed by atoms with Crippen molar-refractivity contribution in [2.45, 2.75) is 39.7 Å². The summed E-state index contributed by atoms with van der Waals surface area (Å²) in [4.78, 5) is 26.6. The van der Waals surface area contributed by atoms with E-state index in [0.717, 1.165) is 47.6 Å². The van der Waals surface area contributed by atoms with E-state index in [-0.39, 0.29) is 11.8 Å². The monoisotopic (exact) mass is 402 g/mol. The first-order chi connectivity index (χ1) is 14.6. The Morgan fingerprint density at radius 1 is 1.13 bits per heavy atom. The molecule has 0 aliphatic carbocycles. The lowest BCUT2D eigenvalue weighted by Crippen LogP contribution is -2.33. The summed E-state index contributed by atoms with van der Waals surface area (Å²) in [6, 6.07) is 15.9. The smallest absolute Gasteiger partial charge is 0.259 e. The van der Waals surface area contributed by atoms with Gasteiger partial charge in [-0.05, 0) is 48.6 Å². The fraction of sp³-hybridized carbons (Fsp3) is 0.292. The molecule has 1 aliphatic rings. The number of carbonyl (C=O) groups excluding carboxylic acids is 2. The fourth-order valence-corrected chi connectivity index (χ4v) is 4.07. The van der Waals surface area contributed by atoms with Crippen LogP contribution in [0.4, 0.5) is 11.4 Å². The molecular formula is C24H26N4O2. The van der Waals surface area contributed by atoms with Crippen molar-refractivity contribution in [1.82, 2.24) is 9.78 Å². The maximum Gasteiger partial charge on any atom is 0.259 e. The summed E-state index contributed by atoms with van der Waals surface area (Å²) >= 11 is 0. The summed E-state index contributed by atoms with van der Waals surface area (Å²) in [5.41, 5.74) is 5.42. The molecule has 6 heteroatoms. The number of nitrogens with one attached hydrogen (secondary N) is 1. The van der Waals surface area contributed by atoms with Crippen molar-refractivity contribution in [3.8, 4) is 0 Å². The zero-order valence-corrected chi connectivity index (χ0v) is 17.4. The van der Waals surface area contributed by atoms with Crippen LogP contribution in [0.3, 0.4) is 0 Å². The molecule has 1 aliphatic heterocycles. The van der Waals surface area contributed by atoms with E-state index >= 15 is 0 Å². The minimum absolute atomic E-state index is 0.0474. The maximum absolute atomic E-state index is 13.0. The molecule has 0 radical (unpaired) electrons. The highest BCUT2D eigenvalue weighted by Gasteiger charge is 2.21. The lowest BCUT2D eigenvalue weighted by atomic mass is 10.0. The fourth-order valence-electron chi connectivity index (χ4n) is 4.07. The lowest BCUT2D eigenvalue weighted by Gasteiger charge is -2.29. The van der Waals surface area contributed by atoms with E-state index in [2.05, 4.69) is 22.5 Å². The van der Waals surface area contributed by atoms with Crippen LogP contribution >= 0.6 is 0 Å². The third-order valence-corrected chi connectivity index (χ3v) is 5.54. The van der Waals surface area contributed by atoms with Gasteiger partial charge in [0.05, 0.1) is 24.0 Å². The predicted molar refractivity (Wildman–Crippen MR) is 118 cm³/mol. The zero-order chi connectivity index (χ0) is 21.1. The number of amides is 2. The highest BCUT2D eigenvalue weighted by Crippen LogP contribution is 2.30. The second kappa shape index (κ2) is 8.53. The van der Waals surface area contributed by atoms with Gasteiger partial charge in [0, 0.05) is 24.8 Å². The second-order valence-corrected chi connectivity index (χ2v) is 7.57. The average molecular weight is 402 g/mol. The summed E-state index contributed by atoms with van der Waals surface area (Å²) in [5, 5.41) is 7.46. The molecule has 0 fully saturated rings. The minimum atomic E-state index is -0.162. The molecule has 2 aromatic carbocycles. The van der Waals surface area contributed by atoms with E-state index in [1.807, 2.05) is 48.0 Å². The molecule has 0 bridgehead atoms. The summed E-state index contributed by atoms with van der Waals surface area (Å²) < 4.78 is 1.89. The maximum atomic E-state index is 13.0. The third kappa shape index (κ3) is 3.99. The van der Waals surface area contributed by atoms with Gasteiger partial charge in [0.2, 0.25) is 5.91 Å². The average Bonchev–Trinajstić information content (AvgIpc) is 3.16. The van der Waals surface area contributed by atoms with E-state index in [9.17, 15) is 9.59 Å². The van der Waals surface area contributed by atoms with Crippen LogP contribution in [0.1, 0.15) is 47.4 Å². The number of aromatic nitrogens is 2. The van der Waals surface area contributed by atoms with Gasteiger partial charge in [-0.1, -0.05) is 37.3 Å². The van der Waals surface area contributed by atoms with Gasteiger partial charge < -0.3 is 10.2 Å². The van der Waals surface area contributed by atoms with Crippen LogP contribution in [0, 0.1) is 0 Å². The van der Waals surface area contributed by atoms with Gasteiger partial charge in [-0.25, -0.2) is 0 Å². The van der Waals surface area contributed by atoms with E-state index in [1.165, 1.54) is 0 Å². The Morgan fingerprint density at radius 3 is 2.67 bits per heavy atom. The van der Waals surface area contributed by atoms with Crippen molar-refractivity contribution in [3.63, 3.8) is 0 Å². The first kappa shape index (κ1) is 19.9. The molecular weight excluding hydrogens is 376 g/mol. The highest BCUT2D eigenvalue weighted by molar-refractivity contribution is 6.05. The number of rotatable bonds is 5. The first-order valence-corrected chi connectivity index (χ1v) is 10.4. The zero-order valence-electron chi connectivity index (χ0n) is 17.4. The van der Waals surface area contributed by atoms with Crippen molar-refractivity contribution in [3.05, 3.63) is 77.1 Å². The van der Waals surface area contributed by atoms with Gasteiger partial charge in [0.1, 0.15) is 0 Å². The Hall–Kier alpha value is -3.41. The molecule has 0 atom stereocenters. The molecule has 30 heavy (non-hydrogen) atoms. The minimum Gasteiger partial charge on any atom is -0.322 e. The summed E-state index contributed by atoms with van der Waals surface area (Å²) in [7, 11) is 0. The number of hydrogen-bond donors (Lipinski definition) is 1. The van der Waals surface area contributed by atoms with Crippen molar-refractivity contribution in [2.24, 2.45) is 0 Å². The van der Waals surface area contributed by atoms with Crippen LogP contribution < -0.4 is 10.2 Å². The summed E-state index contributed by atoms with van der Waals surface area (Å²) in [6.45, 7) is 5.00. The van der Waals surface area contributed by atoms with Crippen LogP contribution in [-0.4, -0.2) is 28.1 Å². The molecule has 4 rings (SSSR count). The van der Waals surface area contributed by atoms with E-state index in [0.29, 0.717) is 18.5 Å². The largest absolute Gasteiger partial charge is 0.322 e. The quantitative estimate of drug-likeness (QED) is 0.700. The third-order valence-electron chi connectivity index (χ3n) is 5.54. The number of carbonyl (C=O) groups is 2. The Labute approximate surface area is 176 Å². The molecule has 2 heterocycles. The Balaban J connectivity index is 1.54. The molecule has 2 amide bonds. The number of nitrogens with zero attached hydrogens (tertiary/aromatic N) is 3. The van der Waals surface area contributed by atoms with E-state index < -0.39 is 0 Å². The Kier molecular flexibility index (Phi) is 5.65. The number of hydrogen-bond acceptors (Lipinski definition) is 3. The highest BCUT2D eigenvalue weighted by atomic mass is 16.2. The molecule has 1 aromatic heterocycles. The van der Waals surface area contributed by atoms with Crippen LogP contribution in [0.2, 0.25) is 0 Å². The van der Waals surface area contributed by atoms with Crippen LogP contribution in [0.25, 0.3) is 0 Å². The predicted octanol–water partition coefficient (Wildman–Crippen LogP) is 4.05. The SMILES string of the molecule is CCc1c(C(=O)Nc2ccc3c(c2)CCCN3C(C)=O)cnn1Cc1ccccc1. The van der Waals surface area contributed by atoms with Gasteiger partial charge in [-0.15, -0.1) is 0 Å². The topological polar surface area (TPSA) is 67.2 Å². The summed E-state index contributed by atoms with van der Waals surface area (Å²) in [6.07, 6.45) is 4.19. The lowest BCUT2D eigenvalue weighted by molar-refractivity contribution is -0.116. The van der Waals surface area contributed by atoms with Crippen molar-refractivity contribution in [1.29, 1.82) is 0 Å². The molecule has 0 saturated carbocycles. The van der Waals surface area contributed by atoms with Crippen LogP contribution in [0.15, 0.2) is 54.7 Å². The van der Waals surface area contributed by atoms with Crippen molar-refractivity contribution in [2.75, 3.05) is 16.8 Å². The molecule has 6 nitrogen and oxygen atoms in total. The van der Waals surface area contributed by atoms with Crippen LogP contribution in [-0.2, 0) is 24.2 Å². The molecule has 1 N–H and O–H groups in total. The van der Waals surface area contributed by atoms with Crippen molar-refractivity contribution < 1.29 is 9.59 Å². The number of benzene rings is 2. The van der Waals surface area contributed by atoms with E-state index in [4.69, 9.17) is 0 Å². The first-order valence-electron chi connectivity index (χ1n) is 10.4. The summed E-state index contributed by atoms with van der Waals surface area (Å²) in [5.74, 6) is -0.114. The van der Waals surface area contributed by atoms with Crippen LogP contribution in [0.5, 0.6) is 0 Å². The van der Waals surface area contributed by atoms with Gasteiger partial charge in [-0.3, -0.25) is 14.3 Å². The van der Waals surface area contributed by atoms with Gasteiger partial charge in [0.15, 0.2) is 0 Å². The second-order valence-electron chi connectivity index (χ2n) is 7.57. The molecule has 3 aromatic rings. The molecule has 0 saturated heterocycles. The molecule has 0 spiro atoms. The van der Waals surface area contributed by atoms with Crippen molar-refractivity contribution >= 4 is 23.2 Å². The van der Waals surface area contributed by atoms with Gasteiger partial charge >= 0.3 is 0 Å².